The number of alkyl halides is 3. The van der Waals surface area contributed by atoms with Crippen molar-refractivity contribution in [3.63, 3.8) is 0 Å². The molecule has 24 heavy (non-hydrogen) atoms. The molecule has 2 aromatic rings. The average molecular weight is 337 g/mol. The summed E-state index contributed by atoms with van der Waals surface area (Å²) < 4.78 is 40.3. The highest BCUT2D eigenvalue weighted by atomic mass is 19.4. The van der Waals surface area contributed by atoms with Crippen LogP contribution in [0.25, 0.3) is 11.1 Å². The minimum atomic E-state index is -4.68. The van der Waals surface area contributed by atoms with Crippen LogP contribution >= 0.6 is 0 Å². The molecule has 0 saturated heterocycles. The maximum atomic E-state index is 12.2. The first kappa shape index (κ1) is 16.5. The van der Waals surface area contributed by atoms with Crippen LogP contribution in [0, 0.1) is 0 Å². The molecule has 0 unspecified atom stereocenters. The molecule has 1 fully saturated rings. The van der Waals surface area contributed by atoms with Crippen molar-refractivity contribution < 1.29 is 17.9 Å². The van der Waals surface area contributed by atoms with Crippen LogP contribution in [0.3, 0.4) is 0 Å². The monoisotopic (exact) mass is 337 g/mol. The van der Waals surface area contributed by atoms with Gasteiger partial charge in [0.2, 0.25) is 5.95 Å². The molecule has 0 radical (unpaired) electrons. The first-order chi connectivity index (χ1) is 11.5. The molecule has 1 saturated carbocycles. The number of benzene rings is 1. The Morgan fingerprint density at radius 1 is 0.917 bits per heavy atom. The first-order valence-corrected chi connectivity index (χ1v) is 7.94. The van der Waals surface area contributed by atoms with Gasteiger partial charge in [0.1, 0.15) is 5.75 Å². The van der Waals surface area contributed by atoms with E-state index >= 15 is 0 Å². The summed E-state index contributed by atoms with van der Waals surface area (Å²) in [6, 6.07) is 6.07. The second-order valence-corrected chi connectivity index (χ2v) is 5.85. The van der Waals surface area contributed by atoms with Crippen molar-refractivity contribution >= 4 is 5.95 Å². The van der Waals surface area contributed by atoms with Gasteiger partial charge in [-0.3, -0.25) is 0 Å². The van der Waals surface area contributed by atoms with Crippen molar-refractivity contribution in [1.82, 2.24) is 9.97 Å². The molecule has 128 valence electrons. The highest BCUT2D eigenvalue weighted by molar-refractivity contribution is 5.62. The number of hydrogen-bond acceptors (Lipinski definition) is 4. The van der Waals surface area contributed by atoms with Gasteiger partial charge in [-0.05, 0) is 30.5 Å². The van der Waals surface area contributed by atoms with Crippen molar-refractivity contribution in [3.05, 3.63) is 36.7 Å². The summed E-state index contributed by atoms with van der Waals surface area (Å²) in [7, 11) is 0. The van der Waals surface area contributed by atoms with Crippen LogP contribution in [0.1, 0.15) is 32.1 Å². The summed E-state index contributed by atoms with van der Waals surface area (Å²) in [6.07, 6.45) is 4.64. The average Bonchev–Trinajstić information content (AvgIpc) is 2.56. The summed E-state index contributed by atoms with van der Waals surface area (Å²) in [5.74, 6) is 0.338. The Bertz CT molecular complexity index is 650. The largest absolute Gasteiger partial charge is 0.573 e. The summed E-state index contributed by atoms with van der Waals surface area (Å²) in [5.41, 5.74) is 1.47. The summed E-state index contributed by atoms with van der Waals surface area (Å²) in [6.45, 7) is 0. The smallest absolute Gasteiger partial charge is 0.406 e. The van der Waals surface area contributed by atoms with E-state index in [1.54, 1.807) is 24.5 Å². The molecule has 0 atom stereocenters. The van der Waals surface area contributed by atoms with Crippen LogP contribution in [0.15, 0.2) is 36.7 Å². The molecule has 1 aromatic heterocycles. The number of hydrogen-bond donors (Lipinski definition) is 1. The zero-order valence-corrected chi connectivity index (χ0v) is 13.0. The van der Waals surface area contributed by atoms with Gasteiger partial charge in [-0.1, -0.05) is 31.4 Å². The quantitative estimate of drug-likeness (QED) is 0.871. The lowest BCUT2D eigenvalue weighted by atomic mass is 9.96. The number of ether oxygens (including phenoxy) is 1. The predicted octanol–water partition coefficient (Wildman–Crippen LogP) is 4.79. The number of halogens is 3. The van der Waals surface area contributed by atoms with Crippen molar-refractivity contribution in [2.45, 2.75) is 44.5 Å². The zero-order valence-electron chi connectivity index (χ0n) is 13.0. The Kier molecular flexibility index (Phi) is 4.87. The maximum Gasteiger partial charge on any atom is 0.573 e. The summed E-state index contributed by atoms with van der Waals surface area (Å²) in [4.78, 5) is 8.60. The fourth-order valence-corrected chi connectivity index (χ4v) is 2.83. The van der Waals surface area contributed by atoms with Crippen LogP contribution in [0.5, 0.6) is 5.75 Å². The van der Waals surface area contributed by atoms with E-state index in [0.29, 0.717) is 12.0 Å². The van der Waals surface area contributed by atoms with Gasteiger partial charge in [-0.15, -0.1) is 13.2 Å². The Morgan fingerprint density at radius 3 is 2.12 bits per heavy atom. The second-order valence-electron chi connectivity index (χ2n) is 5.85. The minimum Gasteiger partial charge on any atom is -0.406 e. The number of anilines is 1. The van der Waals surface area contributed by atoms with E-state index in [-0.39, 0.29) is 5.75 Å². The number of nitrogens with one attached hydrogen (secondary N) is 1. The molecule has 7 heteroatoms. The minimum absolute atomic E-state index is 0.247. The molecule has 4 nitrogen and oxygen atoms in total. The highest BCUT2D eigenvalue weighted by Crippen LogP contribution is 2.26. The van der Waals surface area contributed by atoms with E-state index < -0.39 is 6.36 Å². The molecule has 0 bridgehead atoms. The van der Waals surface area contributed by atoms with Crippen molar-refractivity contribution in [2.24, 2.45) is 0 Å². The molecule has 0 amide bonds. The third-order valence-corrected chi connectivity index (χ3v) is 4.01. The summed E-state index contributed by atoms with van der Waals surface area (Å²) in [5, 5.41) is 3.33. The van der Waals surface area contributed by atoms with Gasteiger partial charge in [0.25, 0.3) is 0 Å². The Morgan fingerprint density at radius 2 is 1.54 bits per heavy atom. The van der Waals surface area contributed by atoms with Gasteiger partial charge in [-0.2, -0.15) is 0 Å². The van der Waals surface area contributed by atoms with E-state index in [2.05, 4.69) is 20.0 Å². The van der Waals surface area contributed by atoms with Crippen molar-refractivity contribution in [3.8, 4) is 16.9 Å². The number of rotatable bonds is 4. The SMILES string of the molecule is FC(F)(F)Oc1ccc(-c2cnc(NC3CCCCC3)nc2)cc1. The third kappa shape index (κ3) is 4.59. The van der Waals surface area contributed by atoms with E-state index in [1.807, 2.05) is 0 Å². The third-order valence-electron chi connectivity index (χ3n) is 4.01. The lowest BCUT2D eigenvalue weighted by molar-refractivity contribution is -0.274. The molecule has 1 aromatic carbocycles. The van der Waals surface area contributed by atoms with E-state index in [4.69, 9.17) is 0 Å². The summed E-state index contributed by atoms with van der Waals surface area (Å²) >= 11 is 0. The van der Waals surface area contributed by atoms with E-state index in [1.165, 1.54) is 31.4 Å². The van der Waals surface area contributed by atoms with Gasteiger partial charge < -0.3 is 10.1 Å². The lowest BCUT2D eigenvalue weighted by Gasteiger charge is -2.22. The highest BCUT2D eigenvalue weighted by Gasteiger charge is 2.30. The molecule has 3 rings (SSSR count). The predicted molar refractivity (Wildman–Crippen MR) is 84.6 cm³/mol. The molecule has 0 spiro atoms. The van der Waals surface area contributed by atoms with Gasteiger partial charge in [0.15, 0.2) is 0 Å². The second kappa shape index (κ2) is 7.07. The Labute approximate surface area is 138 Å². The van der Waals surface area contributed by atoms with Gasteiger partial charge in [-0.25, -0.2) is 9.97 Å². The van der Waals surface area contributed by atoms with Crippen molar-refractivity contribution in [1.29, 1.82) is 0 Å². The molecule has 0 aliphatic heterocycles. The zero-order chi connectivity index (χ0) is 17.0. The fourth-order valence-electron chi connectivity index (χ4n) is 2.83. The number of aromatic nitrogens is 2. The molecular weight excluding hydrogens is 319 g/mol. The molecule has 1 N–H and O–H groups in total. The molecule has 1 aliphatic rings. The Balaban J connectivity index is 1.64. The van der Waals surface area contributed by atoms with Crippen LogP contribution in [0.2, 0.25) is 0 Å². The van der Waals surface area contributed by atoms with E-state index in [9.17, 15) is 13.2 Å². The molecular formula is C17H18F3N3O. The van der Waals surface area contributed by atoms with Gasteiger partial charge >= 0.3 is 6.36 Å². The van der Waals surface area contributed by atoms with Crippen molar-refractivity contribution in [2.75, 3.05) is 5.32 Å². The van der Waals surface area contributed by atoms with E-state index in [0.717, 1.165) is 24.0 Å². The maximum absolute atomic E-state index is 12.2. The van der Waals surface area contributed by atoms with Crippen LogP contribution in [-0.2, 0) is 0 Å². The lowest BCUT2D eigenvalue weighted by Crippen LogP contribution is -2.23. The fraction of sp³-hybridized carbons (Fsp3) is 0.412. The van der Waals surface area contributed by atoms with Crippen LogP contribution in [0.4, 0.5) is 19.1 Å². The molecule has 1 heterocycles. The van der Waals surface area contributed by atoms with Crippen LogP contribution < -0.4 is 10.1 Å². The topological polar surface area (TPSA) is 47.0 Å². The van der Waals surface area contributed by atoms with Gasteiger partial charge in [0, 0.05) is 24.0 Å². The number of nitrogens with zero attached hydrogens (tertiary/aromatic N) is 2. The first-order valence-electron chi connectivity index (χ1n) is 7.94. The Hall–Kier alpha value is -2.31. The molecule has 1 aliphatic carbocycles. The van der Waals surface area contributed by atoms with Crippen LogP contribution in [-0.4, -0.2) is 22.4 Å². The standard InChI is InChI=1S/C17H18F3N3O/c18-17(19,20)24-15-8-6-12(7-9-15)13-10-21-16(22-11-13)23-14-4-2-1-3-5-14/h6-11,14H,1-5H2,(H,21,22,23). The van der Waals surface area contributed by atoms with Gasteiger partial charge in [0.05, 0.1) is 0 Å². The normalized spacial score (nSPS) is 16.0.